The van der Waals surface area contributed by atoms with Crippen LogP contribution in [0.4, 0.5) is 0 Å². The number of carbonyl (C=O) groups is 2. The highest BCUT2D eigenvalue weighted by Gasteiger charge is 2.25. The van der Waals surface area contributed by atoms with Gasteiger partial charge in [0.15, 0.2) is 10.9 Å². The number of benzene rings is 2. The third-order valence-corrected chi connectivity index (χ3v) is 7.36. The van der Waals surface area contributed by atoms with Gasteiger partial charge in [0.1, 0.15) is 45.0 Å². The first-order valence-corrected chi connectivity index (χ1v) is 14.6. The van der Waals surface area contributed by atoms with Crippen LogP contribution in [-0.4, -0.2) is 39.4 Å². The lowest BCUT2D eigenvalue weighted by molar-refractivity contribution is -0.142. The largest absolute Gasteiger partial charge is 0.496 e. The number of fused-ring (bicyclic) bond motifs is 2. The molecule has 2 aromatic carbocycles. The molecule has 0 aliphatic carbocycles. The zero-order valence-corrected chi connectivity index (χ0v) is 26.0. The highest BCUT2D eigenvalue weighted by atomic mass is 16.5. The van der Waals surface area contributed by atoms with Gasteiger partial charge in [0.05, 0.1) is 27.4 Å². The molecule has 2 heterocycles. The fraction of sp³-hybridized carbons (Fsp3) is 0.412. The van der Waals surface area contributed by atoms with Crippen molar-refractivity contribution >= 4 is 33.9 Å². The zero-order chi connectivity index (χ0) is 32.0. The Morgan fingerprint density at radius 1 is 0.636 bits per heavy atom. The Labute approximate surface area is 254 Å². The first-order valence-electron chi connectivity index (χ1n) is 14.6. The predicted octanol–water partition coefficient (Wildman–Crippen LogP) is 5.97. The fourth-order valence-electron chi connectivity index (χ4n) is 5.37. The Morgan fingerprint density at radius 2 is 1.02 bits per heavy atom. The van der Waals surface area contributed by atoms with Crippen molar-refractivity contribution in [2.24, 2.45) is 0 Å². The van der Waals surface area contributed by atoms with Crippen LogP contribution in [0.1, 0.15) is 62.2 Å². The van der Waals surface area contributed by atoms with Crippen molar-refractivity contribution in [3.63, 3.8) is 0 Å². The number of methoxy groups -OCH3 is 2. The molecular weight excluding hydrogens is 568 g/mol. The van der Waals surface area contributed by atoms with Crippen molar-refractivity contribution in [1.82, 2.24) is 0 Å². The molecule has 0 saturated heterocycles. The van der Waals surface area contributed by atoms with Crippen LogP contribution in [0.15, 0.2) is 42.7 Å². The van der Waals surface area contributed by atoms with E-state index in [-0.39, 0.29) is 46.8 Å². The Morgan fingerprint density at radius 3 is 1.36 bits per heavy atom. The fourth-order valence-corrected chi connectivity index (χ4v) is 5.37. The first-order chi connectivity index (χ1) is 21.0. The van der Waals surface area contributed by atoms with Crippen molar-refractivity contribution in [3.8, 4) is 22.6 Å². The van der Waals surface area contributed by atoms with E-state index < -0.39 is 0 Å². The lowest BCUT2D eigenvalue weighted by Crippen LogP contribution is -2.09. The van der Waals surface area contributed by atoms with Crippen LogP contribution in [0.5, 0.6) is 11.5 Å². The topological polar surface area (TPSA) is 131 Å². The van der Waals surface area contributed by atoms with Crippen molar-refractivity contribution in [2.75, 3.05) is 27.4 Å². The zero-order valence-electron chi connectivity index (χ0n) is 26.0. The number of esters is 2. The van der Waals surface area contributed by atoms with E-state index in [1.54, 1.807) is 12.1 Å². The van der Waals surface area contributed by atoms with E-state index in [1.807, 2.05) is 13.8 Å². The minimum Gasteiger partial charge on any atom is -0.496 e. The molecule has 10 heteroatoms. The van der Waals surface area contributed by atoms with Gasteiger partial charge in [0.2, 0.25) is 0 Å². The van der Waals surface area contributed by atoms with Gasteiger partial charge in [-0.05, 0) is 62.8 Å². The van der Waals surface area contributed by atoms with Gasteiger partial charge in [0, 0.05) is 49.9 Å². The van der Waals surface area contributed by atoms with Crippen LogP contribution >= 0.6 is 0 Å². The second-order valence-electron chi connectivity index (χ2n) is 10.7. The van der Waals surface area contributed by atoms with E-state index in [2.05, 4.69) is 0 Å². The molecule has 10 nitrogen and oxygen atoms in total. The van der Waals surface area contributed by atoms with Gasteiger partial charge in [-0.15, -0.1) is 0 Å². The van der Waals surface area contributed by atoms with E-state index in [9.17, 15) is 19.2 Å². The van der Waals surface area contributed by atoms with Gasteiger partial charge in [-0.25, -0.2) is 0 Å². The molecular formula is C34H38O10. The Balaban J connectivity index is 1.89. The molecule has 2 aromatic heterocycles. The lowest BCUT2D eigenvalue weighted by Gasteiger charge is -2.18. The van der Waals surface area contributed by atoms with Gasteiger partial charge < -0.3 is 27.8 Å². The normalized spacial score (nSPS) is 11.1. The summed E-state index contributed by atoms with van der Waals surface area (Å²) in [5.41, 5.74) is 2.87. The summed E-state index contributed by atoms with van der Waals surface area (Å²) < 4.78 is 34.1. The monoisotopic (exact) mass is 606 g/mol. The SMILES string of the molecule is COc1cc(C)c(-c2c(C)cc(OC)c3c(=O)cc(CCCCOC(C)=O)oc23)c2oc(CCCCOC(C)=O)cc(=O)c12. The number of ether oxygens (including phenoxy) is 4. The maximum atomic E-state index is 13.5. The molecule has 0 fully saturated rings. The predicted molar refractivity (Wildman–Crippen MR) is 166 cm³/mol. The van der Waals surface area contributed by atoms with Crippen LogP contribution in [0.25, 0.3) is 33.1 Å². The molecule has 4 aromatic rings. The molecule has 4 rings (SSSR count). The molecule has 0 bridgehead atoms. The summed E-state index contributed by atoms with van der Waals surface area (Å²) in [6.45, 7) is 7.06. The van der Waals surface area contributed by atoms with Crippen LogP contribution in [0, 0.1) is 13.8 Å². The first kappa shape index (κ1) is 32.3. The van der Waals surface area contributed by atoms with Crippen molar-refractivity contribution in [2.45, 2.75) is 66.2 Å². The summed E-state index contributed by atoms with van der Waals surface area (Å²) in [4.78, 5) is 49.2. The van der Waals surface area contributed by atoms with Gasteiger partial charge in [-0.3, -0.25) is 19.2 Å². The van der Waals surface area contributed by atoms with Crippen LogP contribution in [-0.2, 0) is 31.9 Å². The summed E-state index contributed by atoms with van der Waals surface area (Å²) in [5, 5.41) is 0.563. The van der Waals surface area contributed by atoms with Crippen molar-refractivity contribution in [3.05, 3.63) is 67.4 Å². The van der Waals surface area contributed by atoms with Gasteiger partial charge in [-0.2, -0.15) is 0 Å². The van der Waals surface area contributed by atoms with Gasteiger partial charge in [0.25, 0.3) is 0 Å². The highest BCUT2D eigenvalue weighted by molar-refractivity contribution is 6.06. The van der Waals surface area contributed by atoms with Crippen LogP contribution in [0.2, 0.25) is 0 Å². The maximum Gasteiger partial charge on any atom is 0.302 e. The van der Waals surface area contributed by atoms with E-state index >= 15 is 0 Å². The molecule has 0 radical (unpaired) electrons. The summed E-state index contributed by atoms with van der Waals surface area (Å²) in [7, 11) is 2.99. The summed E-state index contributed by atoms with van der Waals surface area (Å²) in [6.07, 6.45) is 3.42. The number of hydrogen-bond acceptors (Lipinski definition) is 10. The minimum absolute atomic E-state index is 0.260. The van der Waals surface area contributed by atoms with Gasteiger partial charge >= 0.3 is 11.9 Å². The van der Waals surface area contributed by atoms with Crippen LogP contribution in [0.3, 0.4) is 0 Å². The molecule has 234 valence electrons. The minimum atomic E-state index is -0.339. The molecule has 0 atom stereocenters. The van der Waals surface area contributed by atoms with E-state index in [1.165, 1.54) is 40.2 Å². The van der Waals surface area contributed by atoms with E-state index in [4.69, 9.17) is 27.8 Å². The van der Waals surface area contributed by atoms with Crippen molar-refractivity contribution < 1.29 is 37.4 Å². The summed E-state index contributed by atoms with van der Waals surface area (Å²) >= 11 is 0. The number of carbonyl (C=O) groups excluding carboxylic acids is 2. The van der Waals surface area contributed by atoms with Gasteiger partial charge in [-0.1, -0.05) is 0 Å². The quantitative estimate of drug-likeness (QED) is 0.132. The molecule has 0 saturated carbocycles. The standard InChI is InChI=1S/C34H38O10/c1-19-15-27(39-5)31-25(37)17-23(11-7-9-13-41-21(3)35)43-33(31)29(19)30-20(2)16-28(40-6)32-26(38)18-24(44-34(30)32)12-8-10-14-42-22(4)36/h15-18H,7-14H2,1-6H3. The maximum absolute atomic E-state index is 13.5. The third kappa shape index (κ3) is 7.12. The average molecular weight is 607 g/mol. The highest BCUT2D eigenvalue weighted by Crippen LogP contribution is 2.43. The van der Waals surface area contributed by atoms with Crippen LogP contribution < -0.4 is 20.3 Å². The molecule has 0 spiro atoms. The third-order valence-electron chi connectivity index (χ3n) is 7.36. The van der Waals surface area contributed by atoms with E-state index in [0.29, 0.717) is 83.8 Å². The Hall–Kier alpha value is -4.60. The van der Waals surface area contributed by atoms with E-state index in [0.717, 1.165) is 11.1 Å². The smallest absolute Gasteiger partial charge is 0.302 e. The van der Waals surface area contributed by atoms with Crippen molar-refractivity contribution in [1.29, 1.82) is 0 Å². The molecule has 0 unspecified atom stereocenters. The summed E-state index contributed by atoms with van der Waals surface area (Å²) in [6, 6.07) is 6.48. The molecule has 0 amide bonds. The average Bonchev–Trinajstić information content (AvgIpc) is 2.96. The molecule has 0 aliphatic rings. The lowest BCUT2D eigenvalue weighted by atomic mass is 9.91. The Kier molecular flexibility index (Phi) is 10.5. The number of aryl methyl sites for hydroxylation is 4. The Bertz CT molecular complexity index is 1680. The number of unbranched alkanes of at least 4 members (excludes halogenated alkanes) is 2. The molecule has 44 heavy (non-hydrogen) atoms. The summed E-state index contributed by atoms with van der Waals surface area (Å²) in [5.74, 6) is 1.03. The second-order valence-corrected chi connectivity index (χ2v) is 10.7. The number of hydrogen-bond donors (Lipinski definition) is 0. The number of rotatable bonds is 13. The molecule has 0 aliphatic heterocycles. The second kappa shape index (κ2) is 14.2. The molecule has 0 N–H and O–H groups in total.